The van der Waals surface area contributed by atoms with Crippen molar-refractivity contribution in [2.45, 2.75) is 52.0 Å². The van der Waals surface area contributed by atoms with E-state index in [1.54, 1.807) is 6.07 Å². The van der Waals surface area contributed by atoms with Gasteiger partial charge < -0.3 is 10.8 Å². The van der Waals surface area contributed by atoms with Crippen LogP contribution in [0.4, 0.5) is 0 Å². The van der Waals surface area contributed by atoms with E-state index in [1.165, 1.54) is 5.56 Å². The average molecular weight is 221 g/mol. The van der Waals surface area contributed by atoms with Crippen LogP contribution >= 0.6 is 0 Å². The molecule has 0 saturated carbocycles. The fraction of sp³-hybridized carbons (Fsp3) is 0.571. The summed E-state index contributed by atoms with van der Waals surface area (Å²) in [6.07, 6.45) is 3.22. The summed E-state index contributed by atoms with van der Waals surface area (Å²) in [6.45, 7) is 6.40. The maximum absolute atomic E-state index is 9.36. The third-order valence-electron chi connectivity index (χ3n) is 3.28. The summed E-state index contributed by atoms with van der Waals surface area (Å²) in [5, 5.41) is 9.36. The average Bonchev–Trinajstić information content (AvgIpc) is 2.25. The molecule has 90 valence electrons. The zero-order chi connectivity index (χ0) is 12.1. The Bertz CT molecular complexity index is 336. The molecular formula is C14H23NO. The summed E-state index contributed by atoms with van der Waals surface area (Å²) < 4.78 is 0. The lowest BCUT2D eigenvalue weighted by molar-refractivity contribution is 0.473. The van der Waals surface area contributed by atoms with Gasteiger partial charge in [-0.3, -0.25) is 0 Å². The lowest BCUT2D eigenvalue weighted by Crippen LogP contribution is -2.19. The third kappa shape index (κ3) is 3.53. The van der Waals surface area contributed by atoms with Gasteiger partial charge in [0.05, 0.1) is 0 Å². The van der Waals surface area contributed by atoms with Gasteiger partial charge in [0.1, 0.15) is 5.75 Å². The highest BCUT2D eigenvalue weighted by Gasteiger charge is 2.10. The van der Waals surface area contributed by atoms with Crippen LogP contribution in [0, 0.1) is 6.92 Å². The summed E-state index contributed by atoms with van der Waals surface area (Å²) in [5.74, 6) is 0.858. The van der Waals surface area contributed by atoms with E-state index in [1.807, 2.05) is 19.1 Å². The molecule has 0 spiro atoms. The van der Waals surface area contributed by atoms with Gasteiger partial charge >= 0.3 is 0 Å². The van der Waals surface area contributed by atoms with Crippen LogP contribution in [0.25, 0.3) is 0 Å². The Hall–Kier alpha value is -1.02. The summed E-state index contributed by atoms with van der Waals surface area (Å²) in [4.78, 5) is 0. The van der Waals surface area contributed by atoms with E-state index in [-0.39, 0.29) is 0 Å². The molecule has 2 atom stereocenters. The lowest BCUT2D eigenvalue weighted by atomic mass is 9.91. The summed E-state index contributed by atoms with van der Waals surface area (Å²) in [5.41, 5.74) is 8.41. The van der Waals surface area contributed by atoms with Crippen molar-refractivity contribution in [2.24, 2.45) is 5.73 Å². The van der Waals surface area contributed by atoms with E-state index >= 15 is 0 Å². The predicted octanol–water partition coefficient (Wildman–Crippen LogP) is 3.32. The molecule has 2 heteroatoms. The molecule has 0 amide bonds. The van der Waals surface area contributed by atoms with Crippen LogP contribution in [0.5, 0.6) is 5.75 Å². The van der Waals surface area contributed by atoms with E-state index in [0.717, 1.165) is 24.8 Å². The monoisotopic (exact) mass is 221 g/mol. The number of phenolic OH excluding ortho intramolecular Hbond substituents is 1. The van der Waals surface area contributed by atoms with E-state index in [2.05, 4.69) is 13.8 Å². The van der Waals surface area contributed by atoms with Crippen molar-refractivity contribution >= 4 is 0 Å². The lowest BCUT2D eigenvalue weighted by Gasteiger charge is -2.17. The van der Waals surface area contributed by atoms with Crippen LogP contribution in [0.15, 0.2) is 18.2 Å². The van der Waals surface area contributed by atoms with Gasteiger partial charge in [0.2, 0.25) is 0 Å². The maximum Gasteiger partial charge on any atom is 0.115 e. The van der Waals surface area contributed by atoms with Crippen molar-refractivity contribution in [1.82, 2.24) is 0 Å². The van der Waals surface area contributed by atoms with Crippen LogP contribution in [-0.2, 0) is 0 Å². The number of rotatable bonds is 5. The summed E-state index contributed by atoms with van der Waals surface area (Å²) in [6, 6.07) is 5.93. The van der Waals surface area contributed by atoms with Crippen LogP contribution in [0.3, 0.4) is 0 Å². The van der Waals surface area contributed by atoms with E-state index in [4.69, 9.17) is 5.73 Å². The zero-order valence-electron chi connectivity index (χ0n) is 10.5. The van der Waals surface area contributed by atoms with Crippen molar-refractivity contribution in [2.75, 3.05) is 0 Å². The molecule has 0 radical (unpaired) electrons. The smallest absolute Gasteiger partial charge is 0.115 e. The first-order valence-electron chi connectivity index (χ1n) is 6.09. The Morgan fingerprint density at radius 2 is 2.00 bits per heavy atom. The highest BCUT2D eigenvalue weighted by Crippen LogP contribution is 2.26. The van der Waals surface area contributed by atoms with Crippen molar-refractivity contribution in [3.05, 3.63) is 29.3 Å². The second-order valence-electron chi connectivity index (χ2n) is 4.69. The molecule has 1 rings (SSSR count). The fourth-order valence-corrected chi connectivity index (χ4v) is 2.04. The van der Waals surface area contributed by atoms with Gasteiger partial charge in [-0.1, -0.05) is 19.9 Å². The second-order valence-corrected chi connectivity index (χ2v) is 4.69. The highest BCUT2D eigenvalue weighted by molar-refractivity contribution is 5.35. The molecule has 0 aliphatic carbocycles. The van der Waals surface area contributed by atoms with E-state index in [9.17, 15) is 5.11 Å². The first kappa shape index (κ1) is 13.0. The van der Waals surface area contributed by atoms with Crippen molar-refractivity contribution in [3.63, 3.8) is 0 Å². The van der Waals surface area contributed by atoms with Gasteiger partial charge in [0.25, 0.3) is 0 Å². The minimum atomic E-state index is 0.319. The highest BCUT2D eigenvalue weighted by atomic mass is 16.3. The number of phenols is 1. The minimum absolute atomic E-state index is 0.319. The molecule has 0 heterocycles. The Kier molecular flexibility index (Phi) is 4.81. The van der Waals surface area contributed by atoms with Crippen LogP contribution in [0.1, 0.15) is 50.2 Å². The number of hydrogen-bond acceptors (Lipinski definition) is 2. The summed E-state index contributed by atoms with van der Waals surface area (Å²) >= 11 is 0. The molecule has 0 bridgehead atoms. The standard InChI is InChI=1S/C14H23NO/c1-4-12(15)6-5-10(2)14-8-7-13(16)9-11(14)3/h7-10,12,16H,4-6,15H2,1-3H3. The van der Waals surface area contributed by atoms with Crippen LogP contribution < -0.4 is 5.73 Å². The van der Waals surface area contributed by atoms with Gasteiger partial charge in [0, 0.05) is 6.04 Å². The predicted molar refractivity (Wildman–Crippen MR) is 68.8 cm³/mol. The fourth-order valence-electron chi connectivity index (χ4n) is 2.04. The topological polar surface area (TPSA) is 46.2 Å². The number of hydrogen-bond donors (Lipinski definition) is 2. The molecule has 2 nitrogen and oxygen atoms in total. The van der Waals surface area contributed by atoms with Crippen molar-refractivity contribution in [1.29, 1.82) is 0 Å². The van der Waals surface area contributed by atoms with Gasteiger partial charge in [-0.15, -0.1) is 0 Å². The van der Waals surface area contributed by atoms with E-state index < -0.39 is 0 Å². The van der Waals surface area contributed by atoms with E-state index in [0.29, 0.717) is 17.7 Å². The van der Waals surface area contributed by atoms with Gasteiger partial charge in [-0.05, 0) is 55.4 Å². The first-order valence-corrected chi connectivity index (χ1v) is 6.09. The Labute approximate surface area is 98.5 Å². The molecular weight excluding hydrogens is 198 g/mol. The Balaban J connectivity index is 2.62. The van der Waals surface area contributed by atoms with Gasteiger partial charge in [-0.25, -0.2) is 0 Å². The number of nitrogens with two attached hydrogens (primary N) is 1. The zero-order valence-corrected chi connectivity index (χ0v) is 10.5. The summed E-state index contributed by atoms with van der Waals surface area (Å²) in [7, 11) is 0. The number of benzene rings is 1. The molecule has 1 aromatic carbocycles. The molecule has 0 aromatic heterocycles. The van der Waals surface area contributed by atoms with Gasteiger partial charge in [-0.2, -0.15) is 0 Å². The van der Waals surface area contributed by atoms with Gasteiger partial charge in [0.15, 0.2) is 0 Å². The minimum Gasteiger partial charge on any atom is -0.508 e. The SMILES string of the molecule is CCC(N)CCC(C)c1ccc(O)cc1C. The molecule has 16 heavy (non-hydrogen) atoms. The number of aromatic hydroxyl groups is 1. The molecule has 3 N–H and O–H groups in total. The number of aryl methyl sites for hydroxylation is 1. The maximum atomic E-state index is 9.36. The first-order chi connectivity index (χ1) is 7.54. The normalized spacial score (nSPS) is 14.8. The molecule has 0 saturated heterocycles. The second kappa shape index (κ2) is 5.90. The molecule has 0 aliphatic heterocycles. The largest absolute Gasteiger partial charge is 0.508 e. The van der Waals surface area contributed by atoms with Crippen molar-refractivity contribution < 1.29 is 5.11 Å². The third-order valence-corrected chi connectivity index (χ3v) is 3.28. The Morgan fingerprint density at radius 3 is 2.56 bits per heavy atom. The van der Waals surface area contributed by atoms with Crippen molar-refractivity contribution in [3.8, 4) is 5.75 Å². The molecule has 0 aliphatic rings. The van der Waals surface area contributed by atoms with Crippen LogP contribution in [0.2, 0.25) is 0 Å². The molecule has 1 aromatic rings. The molecule has 0 fully saturated rings. The quantitative estimate of drug-likeness (QED) is 0.801. The Morgan fingerprint density at radius 1 is 1.31 bits per heavy atom. The molecule has 2 unspecified atom stereocenters. The van der Waals surface area contributed by atoms with Crippen LogP contribution in [-0.4, -0.2) is 11.1 Å².